The minimum absolute atomic E-state index is 0.00563. The van der Waals surface area contributed by atoms with E-state index in [1.807, 2.05) is 48.2 Å². The third-order valence-corrected chi connectivity index (χ3v) is 4.22. The fourth-order valence-corrected chi connectivity index (χ4v) is 2.91. The van der Waals surface area contributed by atoms with Crippen LogP contribution < -0.4 is 4.90 Å². The van der Waals surface area contributed by atoms with Crippen LogP contribution >= 0.6 is 0 Å². The van der Waals surface area contributed by atoms with Crippen LogP contribution in [0.3, 0.4) is 0 Å². The maximum absolute atomic E-state index is 13.0. The number of nitrogens with one attached hydrogen (secondary N) is 1. The van der Waals surface area contributed by atoms with Crippen LogP contribution in [0.4, 0.5) is 5.69 Å². The Morgan fingerprint density at radius 1 is 1.43 bits per heavy atom. The molecule has 7 nitrogen and oxygen atoms in total. The number of nitrogens with zero attached hydrogens (tertiary/aromatic N) is 4. The van der Waals surface area contributed by atoms with E-state index in [1.54, 1.807) is 7.11 Å². The molecule has 0 radical (unpaired) electrons. The highest BCUT2D eigenvalue weighted by Crippen LogP contribution is 2.32. The van der Waals surface area contributed by atoms with Gasteiger partial charge >= 0.3 is 0 Å². The first kappa shape index (κ1) is 15.5. The molecule has 0 unspecified atom stereocenters. The first-order valence-corrected chi connectivity index (χ1v) is 7.56. The summed E-state index contributed by atoms with van der Waals surface area (Å²) in [7, 11) is 5.58. The summed E-state index contributed by atoms with van der Waals surface area (Å²) in [5, 5.41) is 6.77. The summed E-state index contributed by atoms with van der Waals surface area (Å²) >= 11 is 0. The number of hydrogen-bond acceptors (Lipinski definition) is 5. The van der Waals surface area contributed by atoms with Gasteiger partial charge in [-0.2, -0.15) is 5.10 Å². The number of carbonyl (C=O) groups is 1. The second-order valence-corrected chi connectivity index (χ2v) is 5.88. The van der Waals surface area contributed by atoms with Gasteiger partial charge in [0.05, 0.1) is 12.1 Å². The molecule has 2 aromatic rings. The molecule has 0 bridgehead atoms. The lowest BCUT2D eigenvalue weighted by Gasteiger charge is -2.23. The molecule has 122 valence electrons. The largest absolute Gasteiger partial charge is 0.380 e. The van der Waals surface area contributed by atoms with Gasteiger partial charge in [0.1, 0.15) is 12.2 Å². The number of anilines is 1. The lowest BCUT2D eigenvalue weighted by atomic mass is 10.1. The van der Waals surface area contributed by atoms with E-state index in [4.69, 9.17) is 4.74 Å². The maximum Gasteiger partial charge on any atom is 0.254 e. The number of ether oxygens (including phenoxy) is 1. The molecule has 1 aromatic heterocycles. The Hall–Kier alpha value is -2.41. The number of aromatic nitrogens is 3. The van der Waals surface area contributed by atoms with Crippen LogP contribution in [0.5, 0.6) is 0 Å². The van der Waals surface area contributed by atoms with E-state index in [-0.39, 0.29) is 18.1 Å². The molecule has 1 amide bonds. The van der Waals surface area contributed by atoms with Gasteiger partial charge < -0.3 is 14.5 Å². The van der Waals surface area contributed by atoms with Crippen LogP contribution in [-0.4, -0.2) is 59.8 Å². The van der Waals surface area contributed by atoms with E-state index in [0.717, 1.165) is 5.69 Å². The predicted molar refractivity (Wildman–Crippen MR) is 86.3 cm³/mol. The van der Waals surface area contributed by atoms with Crippen molar-refractivity contribution < 1.29 is 9.53 Å². The zero-order chi connectivity index (χ0) is 16.4. The summed E-state index contributed by atoms with van der Waals surface area (Å²) in [6.07, 6.45) is 2.18. The number of rotatable bonds is 4. The van der Waals surface area contributed by atoms with Crippen molar-refractivity contribution in [3.05, 3.63) is 42.0 Å². The summed E-state index contributed by atoms with van der Waals surface area (Å²) < 4.78 is 5.45. The molecule has 23 heavy (non-hydrogen) atoms. The van der Waals surface area contributed by atoms with Crippen molar-refractivity contribution in [1.82, 2.24) is 20.1 Å². The van der Waals surface area contributed by atoms with Gasteiger partial charge in [-0.05, 0) is 18.2 Å². The monoisotopic (exact) mass is 315 g/mol. The summed E-state index contributed by atoms with van der Waals surface area (Å²) in [5.41, 5.74) is 1.66. The third-order valence-electron chi connectivity index (χ3n) is 4.22. The molecule has 1 aliphatic heterocycles. The van der Waals surface area contributed by atoms with Crippen molar-refractivity contribution in [3.63, 3.8) is 0 Å². The van der Waals surface area contributed by atoms with E-state index < -0.39 is 0 Å². The number of benzene rings is 1. The van der Waals surface area contributed by atoms with Gasteiger partial charge in [-0.25, -0.2) is 4.98 Å². The highest BCUT2D eigenvalue weighted by atomic mass is 16.5. The Balaban J connectivity index is 1.88. The number of carbonyl (C=O) groups excluding carboxylic acids is 1. The van der Waals surface area contributed by atoms with Crippen molar-refractivity contribution in [3.8, 4) is 0 Å². The average Bonchev–Trinajstić information content (AvgIpc) is 3.23. The molecule has 7 heteroatoms. The van der Waals surface area contributed by atoms with Crippen molar-refractivity contribution in [2.24, 2.45) is 0 Å². The highest BCUT2D eigenvalue weighted by Gasteiger charge is 2.38. The summed E-state index contributed by atoms with van der Waals surface area (Å²) in [4.78, 5) is 21.0. The molecule has 0 aliphatic carbocycles. The molecule has 0 spiro atoms. The minimum Gasteiger partial charge on any atom is -0.380 e. The average molecular weight is 315 g/mol. The SMILES string of the molecule is CO[C@@H]1C[C@@H](c2ncn[nH]2)N(C(=O)c2cccc(N(C)C)c2)C1. The molecular weight excluding hydrogens is 294 g/mol. The predicted octanol–water partition coefficient (Wildman–Crippen LogP) is 1.47. The van der Waals surface area contributed by atoms with Gasteiger partial charge in [-0.3, -0.25) is 9.89 Å². The van der Waals surface area contributed by atoms with E-state index >= 15 is 0 Å². The van der Waals surface area contributed by atoms with Crippen LogP contribution in [0.25, 0.3) is 0 Å². The maximum atomic E-state index is 13.0. The zero-order valence-corrected chi connectivity index (χ0v) is 13.6. The number of amides is 1. The molecule has 1 fully saturated rings. The van der Waals surface area contributed by atoms with Crippen LogP contribution in [-0.2, 0) is 4.74 Å². The fraction of sp³-hybridized carbons (Fsp3) is 0.438. The van der Waals surface area contributed by atoms with E-state index in [2.05, 4.69) is 15.2 Å². The molecule has 0 saturated carbocycles. The van der Waals surface area contributed by atoms with Crippen molar-refractivity contribution in [1.29, 1.82) is 0 Å². The first-order chi connectivity index (χ1) is 11.1. The summed E-state index contributed by atoms with van der Waals surface area (Å²) in [6, 6.07) is 7.48. The quantitative estimate of drug-likeness (QED) is 0.925. The van der Waals surface area contributed by atoms with Gasteiger partial charge in [-0.1, -0.05) is 6.07 Å². The van der Waals surface area contributed by atoms with Gasteiger partial charge in [0.25, 0.3) is 5.91 Å². The third kappa shape index (κ3) is 3.05. The van der Waals surface area contributed by atoms with E-state index in [9.17, 15) is 4.79 Å². The Kier molecular flexibility index (Phi) is 4.29. The Labute approximate surface area is 135 Å². The van der Waals surface area contributed by atoms with Crippen LogP contribution in [0, 0.1) is 0 Å². The Morgan fingerprint density at radius 2 is 2.26 bits per heavy atom. The first-order valence-electron chi connectivity index (χ1n) is 7.56. The molecular formula is C16H21N5O2. The number of likely N-dealkylation sites (tertiary alicyclic amines) is 1. The van der Waals surface area contributed by atoms with E-state index in [0.29, 0.717) is 24.4 Å². The van der Waals surface area contributed by atoms with Crippen LogP contribution in [0.15, 0.2) is 30.6 Å². The molecule has 1 aromatic carbocycles. The second kappa shape index (κ2) is 6.37. The number of H-pyrrole nitrogens is 1. The second-order valence-electron chi connectivity index (χ2n) is 5.88. The lowest BCUT2D eigenvalue weighted by Crippen LogP contribution is -2.32. The fourth-order valence-electron chi connectivity index (χ4n) is 2.91. The zero-order valence-electron chi connectivity index (χ0n) is 13.6. The number of hydrogen-bond donors (Lipinski definition) is 1. The van der Waals surface area contributed by atoms with Crippen molar-refractivity contribution >= 4 is 11.6 Å². The smallest absolute Gasteiger partial charge is 0.254 e. The van der Waals surface area contributed by atoms with Gasteiger partial charge in [0.15, 0.2) is 0 Å². The molecule has 1 N–H and O–H groups in total. The highest BCUT2D eigenvalue weighted by molar-refractivity contribution is 5.95. The number of methoxy groups -OCH3 is 1. The molecule has 2 atom stereocenters. The Bertz CT molecular complexity index is 671. The lowest BCUT2D eigenvalue weighted by molar-refractivity contribution is 0.0684. The number of aromatic amines is 1. The molecule has 2 heterocycles. The molecule has 1 aliphatic rings. The van der Waals surface area contributed by atoms with Gasteiger partial charge in [0.2, 0.25) is 0 Å². The summed E-state index contributed by atoms with van der Waals surface area (Å²) in [6.45, 7) is 0.549. The summed E-state index contributed by atoms with van der Waals surface area (Å²) in [5.74, 6) is 0.677. The normalized spacial score (nSPS) is 20.7. The van der Waals surface area contributed by atoms with Crippen molar-refractivity contribution in [2.75, 3.05) is 32.6 Å². The van der Waals surface area contributed by atoms with Crippen molar-refractivity contribution in [2.45, 2.75) is 18.6 Å². The molecule has 1 saturated heterocycles. The Morgan fingerprint density at radius 3 is 2.91 bits per heavy atom. The topological polar surface area (TPSA) is 74.4 Å². The molecule has 3 rings (SSSR count). The standard InChI is InChI=1S/C16H21N5O2/c1-20(2)12-6-4-5-11(7-12)16(22)21-9-13(23-3)8-14(21)15-17-10-18-19-15/h4-7,10,13-14H,8-9H2,1-3H3,(H,17,18,19)/t13-,14+/m1/s1. The van der Waals surface area contributed by atoms with Crippen LogP contribution in [0.2, 0.25) is 0 Å². The van der Waals surface area contributed by atoms with Crippen LogP contribution in [0.1, 0.15) is 28.6 Å². The van der Waals surface area contributed by atoms with E-state index in [1.165, 1.54) is 6.33 Å². The van der Waals surface area contributed by atoms with Gasteiger partial charge in [-0.15, -0.1) is 0 Å². The van der Waals surface area contributed by atoms with Gasteiger partial charge in [0, 0.05) is 45.4 Å². The minimum atomic E-state index is -0.141.